The fourth-order valence-corrected chi connectivity index (χ4v) is 3.04. The SMILES string of the molecule is Nc1ccc2c3c(ccc2c1)Cc1ccccc1C3=O. The average Bonchev–Trinajstić information content (AvgIpc) is 2.47. The standard InChI is InChI=1S/C18H13NO/c19-14-7-8-15-12(10-14)5-6-13-9-11-3-1-2-4-16(11)18(20)17(13)15/h1-8,10H,9,19H2. The second kappa shape index (κ2) is 3.94. The minimum atomic E-state index is 0.122. The smallest absolute Gasteiger partial charge is 0.194 e. The Balaban J connectivity index is 2.04. The Hall–Kier alpha value is -2.61. The number of carbonyl (C=O) groups excluding carboxylic acids is 1. The van der Waals surface area contributed by atoms with E-state index < -0.39 is 0 Å². The molecule has 0 unspecified atom stereocenters. The van der Waals surface area contributed by atoms with Gasteiger partial charge in [-0.25, -0.2) is 0 Å². The molecular formula is C18H13NO. The molecule has 1 aliphatic rings. The number of benzene rings is 3. The van der Waals surface area contributed by atoms with E-state index in [1.165, 1.54) is 0 Å². The lowest BCUT2D eigenvalue weighted by atomic mass is 9.82. The predicted molar refractivity (Wildman–Crippen MR) is 81.0 cm³/mol. The normalized spacial score (nSPS) is 13.1. The lowest BCUT2D eigenvalue weighted by Gasteiger charge is -2.20. The number of anilines is 1. The third-order valence-corrected chi connectivity index (χ3v) is 4.00. The minimum absolute atomic E-state index is 0.122. The fourth-order valence-electron chi connectivity index (χ4n) is 3.04. The molecule has 1 aliphatic carbocycles. The number of nitrogen functional groups attached to an aromatic ring is 1. The summed E-state index contributed by atoms with van der Waals surface area (Å²) in [6.07, 6.45) is 0.817. The number of nitrogens with two attached hydrogens (primary N) is 1. The van der Waals surface area contributed by atoms with Crippen molar-refractivity contribution < 1.29 is 4.79 Å². The number of rotatable bonds is 0. The minimum Gasteiger partial charge on any atom is -0.399 e. The van der Waals surface area contributed by atoms with Crippen LogP contribution < -0.4 is 5.73 Å². The van der Waals surface area contributed by atoms with Crippen molar-refractivity contribution in [3.05, 3.63) is 76.9 Å². The highest BCUT2D eigenvalue weighted by atomic mass is 16.1. The molecule has 20 heavy (non-hydrogen) atoms. The first-order chi connectivity index (χ1) is 9.74. The third-order valence-electron chi connectivity index (χ3n) is 4.00. The topological polar surface area (TPSA) is 43.1 Å². The van der Waals surface area contributed by atoms with E-state index in [-0.39, 0.29) is 5.78 Å². The van der Waals surface area contributed by atoms with Crippen molar-refractivity contribution >= 4 is 22.2 Å². The van der Waals surface area contributed by atoms with Gasteiger partial charge >= 0.3 is 0 Å². The van der Waals surface area contributed by atoms with Crippen LogP contribution >= 0.6 is 0 Å². The van der Waals surface area contributed by atoms with Crippen LogP contribution in [0.1, 0.15) is 27.0 Å². The highest BCUT2D eigenvalue weighted by Gasteiger charge is 2.24. The summed E-state index contributed by atoms with van der Waals surface area (Å²) < 4.78 is 0. The summed E-state index contributed by atoms with van der Waals surface area (Å²) in [5, 5.41) is 2.02. The monoisotopic (exact) mass is 259 g/mol. The quantitative estimate of drug-likeness (QED) is 0.491. The second-order valence-electron chi connectivity index (χ2n) is 5.24. The fraction of sp³-hybridized carbons (Fsp3) is 0.0556. The first kappa shape index (κ1) is 11.2. The van der Waals surface area contributed by atoms with E-state index in [1.54, 1.807) is 0 Å². The van der Waals surface area contributed by atoms with Crippen molar-refractivity contribution in [3.8, 4) is 0 Å². The molecule has 3 aromatic rings. The molecule has 0 bridgehead atoms. The highest BCUT2D eigenvalue weighted by molar-refractivity contribution is 6.19. The van der Waals surface area contributed by atoms with Crippen molar-refractivity contribution in [1.29, 1.82) is 0 Å². The van der Waals surface area contributed by atoms with Gasteiger partial charge in [0.15, 0.2) is 5.78 Å². The molecule has 0 saturated carbocycles. The molecule has 0 spiro atoms. The van der Waals surface area contributed by atoms with Crippen LogP contribution in [0.5, 0.6) is 0 Å². The van der Waals surface area contributed by atoms with Crippen molar-refractivity contribution in [3.63, 3.8) is 0 Å². The van der Waals surface area contributed by atoms with Gasteiger partial charge in [0.1, 0.15) is 0 Å². The van der Waals surface area contributed by atoms with Crippen molar-refractivity contribution in [1.82, 2.24) is 0 Å². The summed E-state index contributed by atoms with van der Waals surface area (Å²) in [6, 6.07) is 17.7. The number of hydrogen-bond acceptors (Lipinski definition) is 2. The van der Waals surface area contributed by atoms with Gasteiger partial charge in [0.25, 0.3) is 0 Å². The molecule has 0 radical (unpaired) electrons. The molecule has 2 N–H and O–H groups in total. The van der Waals surface area contributed by atoms with Gasteiger partial charge in [0.05, 0.1) is 0 Å². The number of fused-ring (bicyclic) bond motifs is 4. The Morgan fingerprint density at radius 1 is 0.900 bits per heavy atom. The maximum Gasteiger partial charge on any atom is 0.194 e. The molecular weight excluding hydrogens is 246 g/mol. The maximum atomic E-state index is 12.8. The molecule has 96 valence electrons. The number of carbonyl (C=O) groups is 1. The van der Waals surface area contributed by atoms with E-state index in [0.29, 0.717) is 0 Å². The largest absolute Gasteiger partial charge is 0.399 e. The summed E-state index contributed by atoms with van der Waals surface area (Å²) in [5.41, 5.74) is 10.4. The van der Waals surface area contributed by atoms with Crippen LogP contribution in [0.25, 0.3) is 10.8 Å². The number of ketones is 1. The molecule has 4 rings (SSSR count). The van der Waals surface area contributed by atoms with Crippen LogP contribution in [0.4, 0.5) is 5.69 Å². The van der Waals surface area contributed by atoms with Crippen LogP contribution in [0, 0.1) is 0 Å². The van der Waals surface area contributed by atoms with Gasteiger partial charge in [-0.3, -0.25) is 4.79 Å². The zero-order valence-corrected chi connectivity index (χ0v) is 10.9. The zero-order valence-electron chi connectivity index (χ0n) is 10.9. The molecule has 0 amide bonds. The van der Waals surface area contributed by atoms with Crippen molar-refractivity contribution in [2.45, 2.75) is 6.42 Å². The lowest BCUT2D eigenvalue weighted by molar-refractivity contribution is 0.103. The Morgan fingerprint density at radius 3 is 2.65 bits per heavy atom. The van der Waals surface area contributed by atoms with Crippen LogP contribution in [-0.2, 0) is 6.42 Å². The van der Waals surface area contributed by atoms with Crippen molar-refractivity contribution in [2.75, 3.05) is 5.73 Å². The first-order valence-corrected chi connectivity index (χ1v) is 6.68. The summed E-state index contributed by atoms with van der Waals surface area (Å²) in [5.74, 6) is 0.122. The van der Waals surface area contributed by atoms with E-state index in [1.807, 2.05) is 54.6 Å². The van der Waals surface area contributed by atoms with Gasteiger partial charge in [-0.15, -0.1) is 0 Å². The summed E-state index contributed by atoms with van der Waals surface area (Å²) >= 11 is 0. The van der Waals surface area contributed by atoms with Gasteiger partial charge in [-0.1, -0.05) is 42.5 Å². The Labute approximate surface area is 116 Å². The predicted octanol–water partition coefficient (Wildman–Crippen LogP) is 3.56. The van der Waals surface area contributed by atoms with Crippen LogP contribution in [0.15, 0.2) is 54.6 Å². The van der Waals surface area contributed by atoms with Gasteiger partial charge in [-0.2, -0.15) is 0 Å². The van der Waals surface area contributed by atoms with E-state index in [0.717, 1.165) is 45.1 Å². The van der Waals surface area contributed by atoms with Crippen LogP contribution in [-0.4, -0.2) is 5.78 Å². The second-order valence-corrected chi connectivity index (χ2v) is 5.24. The van der Waals surface area contributed by atoms with E-state index in [2.05, 4.69) is 0 Å². The molecule has 2 heteroatoms. The van der Waals surface area contributed by atoms with E-state index >= 15 is 0 Å². The summed E-state index contributed by atoms with van der Waals surface area (Å²) in [6.45, 7) is 0. The summed E-state index contributed by atoms with van der Waals surface area (Å²) in [4.78, 5) is 12.8. The van der Waals surface area contributed by atoms with Crippen LogP contribution in [0.2, 0.25) is 0 Å². The average molecular weight is 259 g/mol. The van der Waals surface area contributed by atoms with E-state index in [9.17, 15) is 4.79 Å². The molecule has 2 nitrogen and oxygen atoms in total. The van der Waals surface area contributed by atoms with Gasteiger partial charge in [0, 0.05) is 16.8 Å². The van der Waals surface area contributed by atoms with Gasteiger partial charge in [0.2, 0.25) is 0 Å². The third kappa shape index (κ3) is 1.48. The van der Waals surface area contributed by atoms with Gasteiger partial charge < -0.3 is 5.73 Å². The number of hydrogen-bond donors (Lipinski definition) is 1. The Kier molecular flexibility index (Phi) is 2.21. The molecule has 0 atom stereocenters. The molecule has 0 aromatic heterocycles. The molecule has 0 saturated heterocycles. The first-order valence-electron chi connectivity index (χ1n) is 6.68. The zero-order chi connectivity index (χ0) is 13.7. The Bertz CT molecular complexity index is 864. The molecule has 0 aliphatic heterocycles. The summed E-state index contributed by atoms with van der Waals surface area (Å²) in [7, 11) is 0. The molecule has 0 fully saturated rings. The lowest BCUT2D eigenvalue weighted by Crippen LogP contribution is -2.15. The van der Waals surface area contributed by atoms with Crippen LogP contribution in [0.3, 0.4) is 0 Å². The van der Waals surface area contributed by atoms with Gasteiger partial charge in [-0.05, 0) is 40.5 Å². The molecule has 0 heterocycles. The van der Waals surface area contributed by atoms with E-state index in [4.69, 9.17) is 5.73 Å². The maximum absolute atomic E-state index is 12.8. The van der Waals surface area contributed by atoms with Crippen molar-refractivity contribution in [2.24, 2.45) is 0 Å². The Morgan fingerprint density at radius 2 is 1.75 bits per heavy atom. The molecule has 3 aromatic carbocycles. The highest BCUT2D eigenvalue weighted by Crippen LogP contribution is 2.32.